The molecule has 1 aromatic carbocycles. The number of carbonyl (C=O) groups is 1. The summed E-state index contributed by atoms with van der Waals surface area (Å²) in [6, 6.07) is 11.3. The molecular formula is C19H19FN4O2. The van der Waals surface area contributed by atoms with Crippen LogP contribution in [0.3, 0.4) is 0 Å². The quantitative estimate of drug-likeness (QED) is 0.681. The van der Waals surface area contributed by atoms with E-state index in [1.54, 1.807) is 36.7 Å². The zero-order valence-electron chi connectivity index (χ0n) is 14.3. The van der Waals surface area contributed by atoms with Crippen molar-refractivity contribution in [1.29, 1.82) is 0 Å². The molecule has 0 spiro atoms. The van der Waals surface area contributed by atoms with Crippen molar-refractivity contribution in [3.05, 3.63) is 77.6 Å². The minimum absolute atomic E-state index is 0.0861. The fraction of sp³-hybridized carbons (Fsp3) is 0.211. The van der Waals surface area contributed by atoms with E-state index < -0.39 is 5.82 Å². The van der Waals surface area contributed by atoms with E-state index >= 15 is 0 Å². The first-order valence-corrected chi connectivity index (χ1v) is 8.29. The molecule has 1 amide bonds. The molecule has 0 radical (unpaired) electrons. The fourth-order valence-electron chi connectivity index (χ4n) is 2.52. The zero-order valence-corrected chi connectivity index (χ0v) is 14.3. The Balaban J connectivity index is 1.61. The van der Waals surface area contributed by atoms with Gasteiger partial charge in [-0.15, -0.1) is 0 Å². The van der Waals surface area contributed by atoms with Gasteiger partial charge in [-0.1, -0.05) is 19.1 Å². The third kappa shape index (κ3) is 4.24. The van der Waals surface area contributed by atoms with Gasteiger partial charge >= 0.3 is 0 Å². The molecule has 0 bridgehead atoms. The van der Waals surface area contributed by atoms with E-state index in [1.165, 1.54) is 6.07 Å². The van der Waals surface area contributed by atoms with E-state index in [2.05, 4.69) is 20.5 Å². The van der Waals surface area contributed by atoms with Gasteiger partial charge in [-0.05, 0) is 42.3 Å². The molecule has 0 aliphatic carbocycles. The number of nitrogens with zero attached hydrogens (tertiary/aromatic N) is 2. The normalized spacial score (nSPS) is 11.8. The van der Waals surface area contributed by atoms with Crippen molar-refractivity contribution in [1.82, 2.24) is 20.5 Å². The first-order valence-electron chi connectivity index (χ1n) is 8.29. The van der Waals surface area contributed by atoms with Crippen molar-refractivity contribution in [2.24, 2.45) is 0 Å². The average molecular weight is 354 g/mol. The lowest BCUT2D eigenvalue weighted by atomic mass is 10.1. The third-order valence-electron chi connectivity index (χ3n) is 3.91. The van der Waals surface area contributed by atoms with E-state index in [1.807, 2.05) is 19.1 Å². The molecule has 1 atom stereocenters. The van der Waals surface area contributed by atoms with E-state index in [-0.39, 0.29) is 30.0 Å². The van der Waals surface area contributed by atoms with Crippen molar-refractivity contribution < 1.29 is 13.9 Å². The van der Waals surface area contributed by atoms with Crippen LogP contribution in [0.25, 0.3) is 0 Å². The van der Waals surface area contributed by atoms with Crippen LogP contribution in [0.1, 0.15) is 41.1 Å². The van der Waals surface area contributed by atoms with Crippen LogP contribution in [0, 0.1) is 5.82 Å². The second-order valence-electron chi connectivity index (χ2n) is 5.71. The van der Waals surface area contributed by atoms with Gasteiger partial charge in [0.25, 0.3) is 5.91 Å². The van der Waals surface area contributed by atoms with E-state index in [4.69, 9.17) is 4.74 Å². The molecule has 0 aliphatic heterocycles. The average Bonchev–Trinajstić information content (AvgIpc) is 3.15. The monoisotopic (exact) mass is 354 g/mol. The molecule has 0 aliphatic rings. The SMILES string of the molecule is CC[C@@H](NC(=O)c1cc(COc2ccccc2F)[nH]n1)c1ccncc1. The summed E-state index contributed by atoms with van der Waals surface area (Å²) < 4.78 is 19.0. The Bertz CT molecular complexity index is 867. The molecule has 7 heteroatoms. The van der Waals surface area contributed by atoms with Crippen molar-refractivity contribution in [2.45, 2.75) is 26.0 Å². The number of halogens is 1. The van der Waals surface area contributed by atoms with Crippen LogP contribution >= 0.6 is 0 Å². The highest BCUT2D eigenvalue weighted by molar-refractivity contribution is 5.92. The van der Waals surface area contributed by atoms with Gasteiger partial charge in [-0.25, -0.2) is 4.39 Å². The zero-order chi connectivity index (χ0) is 18.4. The molecule has 3 aromatic rings. The van der Waals surface area contributed by atoms with E-state index in [0.29, 0.717) is 5.69 Å². The molecule has 3 rings (SSSR count). The van der Waals surface area contributed by atoms with Crippen LogP contribution in [-0.4, -0.2) is 21.1 Å². The van der Waals surface area contributed by atoms with Gasteiger partial charge < -0.3 is 10.1 Å². The lowest BCUT2D eigenvalue weighted by molar-refractivity contribution is 0.0930. The summed E-state index contributed by atoms with van der Waals surface area (Å²) in [4.78, 5) is 16.4. The van der Waals surface area contributed by atoms with Crippen molar-refractivity contribution in [3.63, 3.8) is 0 Å². The molecule has 0 saturated carbocycles. The Kier molecular flexibility index (Phi) is 5.58. The predicted molar refractivity (Wildman–Crippen MR) is 94.1 cm³/mol. The molecule has 2 aromatic heterocycles. The summed E-state index contributed by atoms with van der Waals surface area (Å²) >= 11 is 0. The number of amides is 1. The van der Waals surface area contributed by atoms with Gasteiger partial charge in [0, 0.05) is 12.4 Å². The number of rotatable bonds is 7. The van der Waals surface area contributed by atoms with Crippen molar-refractivity contribution >= 4 is 5.91 Å². The van der Waals surface area contributed by atoms with E-state index in [0.717, 1.165) is 12.0 Å². The Morgan fingerprint density at radius 3 is 2.77 bits per heavy atom. The summed E-state index contributed by atoms with van der Waals surface area (Å²) in [5.41, 5.74) is 1.81. The van der Waals surface area contributed by atoms with Crippen LogP contribution in [0.4, 0.5) is 4.39 Å². The highest BCUT2D eigenvalue weighted by atomic mass is 19.1. The number of ether oxygens (including phenoxy) is 1. The maximum absolute atomic E-state index is 13.6. The molecule has 0 saturated heterocycles. The number of carbonyl (C=O) groups excluding carboxylic acids is 1. The molecule has 26 heavy (non-hydrogen) atoms. The Labute approximate surface area is 150 Å². The number of H-pyrrole nitrogens is 1. The maximum Gasteiger partial charge on any atom is 0.272 e. The Hall–Kier alpha value is -3.22. The largest absolute Gasteiger partial charge is 0.484 e. The summed E-state index contributed by atoms with van der Waals surface area (Å²) in [7, 11) is 0. The van der Waals surface area contributed by atoms with Crippen LogP contribution in [0.5, 0.6) is 5.75 Å². The van der Waals surface area contributed by atoms with E-state index in [9.17, 15) is 9.18 Å². The number of aromatic amines is 1. The van der Waals surface area contributed by atoms with Gasteiger partial charge in [0.2, 0.25) is 0 Å². The number of hydrogen-bond acceptors (Lipinski definition) is 4. The second-order valence-corrected chi connectivity index (χ2v) is 5.71. The first-order chi connectivity index (χ1) is 12.7. The van der Waals surface area contributed by atoms with Gasteiger partial charge in [-0.3, -0.25) is 14.9 Å². The number of benzene rings is 1. The number of hydrogen-bond donors (Lipinski definition) is 2. The minimum atomic E-state index is -0.437. The smallest absolute Gasteiger partial charge is 0.272 e. The van der Waals surface area contributed by atoms with Gasteiger partial charge in [0.05, 0.1) is 11.7 Å². The lowest BCUT2D eigenvalue weighted by Crippen LogP contribution is -2.28. The maximum atomic E-state index is 13.6. The van der Waals surface area contributed by atoms with Gasteiger partial charge in [0.15, 0.2) is 11.6 Å². The molecule has 2 heterocycles. The van der Waals surface area contributed by atoms with Gasteiger partial charge in [-0.2, -0.15) is 5.10 Å². The van der Waals surface area contributed by atoms with Crippen molar-refractivity contribution in [2.75, 3.05) is 0 Å². The molecule has 0 unspecified atom stereocenters. The summed E-state index contributed by atoms with van der Waals surface area (Å²) in [5, 5.41) is 9.69. The third-order valence-corrected chi connectivity index (χ3v) is 3.91. The summed E-state index contributed by atoms with van der Waals surface area (Å²) in [6.07, 6.45) is 4.12. The molecule has 134 valence electrons. The Morgan fingerprint density at radius 2 is 2.04 bits per heavy atom. The minimum Gasteiger partial charge on any atom is -0.484 e. The topological polar surface area (TPSA) is 79.9 Å². The Morgan fingerprint density at radius 1 is 1.27 bits per heavy atom. The second kappa shape index (κ2) is 8.24. The van der Waals surface area contributed by atoms with Crippen molar-refractivity contribution in [3.8, 4) is 5.75 Å². The highest BCUT2D eigenvalue weighted by Gasteiger charge is 2.16. The number of para-hydroxylation sites is 1. The number of nitrogens with one attached hydrogen (secondary N) is 2. The molecule has 6 nitrogen and oxygen atoms in total. The molecular weight excluding hydrogens is 335 g/mol. The summed E-state index contributed by atoms with van der Waals surface area (Å²) in [5.74, 6) is -0.577. The standard InChI is InChI=1S/C19H19FN4O2/c1-2-16(13-7-9-21-10-8-13)22-19(25)17-11-14(23-24-17)12-26-18-6-4-3-5-15(18)20/h3-11,16H,2,12H2,1H3,(H,22,25)(H,23,24)/t16-/m1/s1. The summed E-state index contributed by atoms with van der Waals surface area (Å²) in [6.45, 7) is 2.08. The van der Waals surface area contributed by atoms with Crippen LogP contribution < -0.4 is 10.1 Å². The highest BCUT2D eigenvalue weighted by Crippen LogP contribution is 2.18. The van der Waals surface area contributed by atoms with Crippen LogP contribution in [-0.2, 0) is 6.61 Å². The van der Waals surface area contributed by atoms with Crippen LogP contribution in [0.2, 0.25) is 0 Å². The molecule has 2 N–H and O–H groups in total. The number of aromatic nitrogens is 3. The van der Waals surface area contributed by atoms with Gasteiger partial charge in [0.1, 0.15) is 12.3 Å². The lowest BCUT2D eigenvalue weighted by Gasteiger charge is -2.16. The first kappa shape index (κ1) is 17.6. The number of pyridine rings is 1. The fourth-order valence-corrected chi connectivity index (χ4v) is 2.52. The van der Waals surface area contributed by atoms with Crippen LogP contribution in [0.15, 0.2) is 54.9 Å². The molecule has 0 fully saturated rings. The predicted octanol–water partition coefficient (Wildman–Crippen LogP) is 3.40.